The fourth-order valence-electron chi connectivity index (χ4n) is 5.08. The van der Waals surface area contributed by atoms with Gasteiger partial charge in [0.05, 0.1) is 40.3 Å². The van der Waals surface area contributed by atoms with E-state index in [0.717, 1.165) is 64.2 Å². The van der Waals surface area contributed by atoms with Crippen LogP contribution in [0.4, 0.5) is 0 Å². The Labute approximate surface area is 299 Å². The summed E-state index contributed by atoms with van der Waals surface area (Å²) in [6.07, 6.45) is 29.2. The van der Waals surface area contributed by atoms with E-state index in [1.54, 1.807) is 0 Å². The third-order valence-electron chi connectivity index (χ3n) is 8.20. The SMILES string of the molecule is CCCC/C=C\C/C=C\CCCCCCCC(=O)OC(COC(=O)CCCCCCCCCCCC)COC(OCC[N+](C)(C)C)C(=O)[O-]. The van der Waals surface area contributed by atoms with Gasteiger partial charge in [-0.15, -0.1) is 0 Å². The summed E-state index contributed by atoms with van der Waals surface area (Å²) in [5.41, 5.74) is 0. The van der Waals surface area contributed by atoms with E-state index in [2.05, 4.69) is 38.2 Å². The second kappa shape index (κ2) is 32.9. The molecule has 0 heterocycles. The van der Waals surface area contributed by atoms with Crippen molar-refractivity contribution < 1.29 is 42.9 Å². The van der Waals surface area contributed by atoms with Crippen molar-refractivity contribution in [1.29, 1.82) is 0 Å². The Balaban J connectivity index is 4.56. The van der Waals surface area contributed by atoms with E-state index in [9.17, 15) is 19.5 Å². The van der Waals surface area contributed by atoms with E-state index in [1.807, 2.05) is 21.1 Å². The molecule has 0 aliphatic carbocycles. The molecule has 0 aromatic heterocycles. The van der Waals surface area contributed by atoms with Crippen molar-refractivity contribution >= 4 is 17.9 Å². The first-order valence-electron chi connectivity index (χ1n) is 19.5. The molecule has 0 fully saturated rings. The topological polar surface area (TPSA) is 111 Å². The van der Waals surface area contributed by atoms with Gasteiger partial charge in [0.1, 0.15) is 13.2 Å². The summed E-state index contributed by atoms with van der Waals surface area (Å²) in [6.45, 7) is 4.65. The maximum Gasteiger partial charge on any atom is 0.306 e. The van der Waals surface area contributed by atoms with Crippen molar-refractivity contribution in [3.8, 4) is 0 Å². The summed E-state index contributed by atoms with van der Waals surface area (Å²) < 4.78 is 22.4. The lowest BCUT2D eigenvalue weighted by molar-refractivity contribution is -0.870. The van der Waals surface area contributed by atoms with Crippen LogP contribution in [0.5, 0.6) is 0 Å². The number of unbranched alkanes of at least 4 members (excludes halogenated alkanes) is 16. The largest absolute Gasteiger partial charge is 0.545 e. The molecule has 2 atom stereocenters. The number of quaternary nitrogens is 1. The Kier molecular flexibility index (Phi) is 31.4. The maximum absolute atomic E-state index is 12.7. The van der Waals surface area contributed by atoms with Gasteiger partial charge in [0.25, 0.3) is 0 Å². The standard InChI is InChI=1S/C40H73NO8/c1-6-8-10-12-14-16-18-19-20-21-23-25-27-29-31-38(43)49-36(35-48-40(39(44)45)46-33-32-41(3,4)5)34-47-37(42)30-28-26-24-22-17-15-13-11-9-7-2/h12,14,18-19,36,40H,6-11,13,15-17,20-35H2,1-5H3/b14-12-,19-18-. The smallest absolute Gasteiger partial charge is 0.306 e. The Morgan fingerprint density at radius 1 is 0.612 bits per heavy atom. The second-order valence-electron chi connectivity index (χ2n) is 14.2. The minimum Gasteiger partial charge on any atom is -0.545 e. The average molecular weight is 696 g/mol. The van der Waals surface area contributed by atoms with Crippen molar-refractivity contribution in [2.75, 3.05) is 47.5 Å². The Morgan fingerprint density at radius 3 is 1.67 bits per heavy atom. The van der Waals surface area contributed by atoms with Crippen molar-refractivity contribution in [2.45, 2.75) is 167 Å². The first kappa shape index (κ1) is 46.8. The Bertz CT molecular complexity index is 867. The van der Waals surface area contributed by atoms with Gasteiger partial charge in [-0.1, -0.05) is 128 Å². The number of hydrogen-bond acceptors (Lipinski definition) is 8. The number of carboxylic acids is 1. The number of likely N-dealkylation sites (N-methyl/N-ethyl adjacent to an activating group) is 1. The minimum absolute atomic E-state index is 0.146. The zero-order valence-electron chi connectivity index (χ0n) is 32.1. The molecule has 0 aromatic carbocycles. The number of rotatable bonds is 35. The van der Waals surface area contributed by atoms with Crippen molar-refractivity contribution in [3.05, 3.63) is 24.3 Å². The normalized spacial score (nSPS) is 13.2. The molecule has 9 heteroatoms. The molecule has 2 unspecified atom stereocenters. The predicted octanol–water partition coefficient (Wildman–Crippen LogP) is 7.99. The van der Waals surface area contributed by atoms with Crippen LogP contribution in [0.2, 0.25) is 0 Å². The van der Waals surface area contributed by atoms with Crippen LogP contribution in [0.25, 0.3) is 0 Å². The molecule has 0 aliphatic rings. The highest BCUT2D eigenvalue weighted by Gasteiger charge is 2.21. The van der Waals surface area contributed by atoms with E-state index >= 15 is 0 Å². The number of allylic oxidation sites excluding steroid dienone is 4. The van der Waals surface area contributed by atoms with Gasteiger partial charge in [0, 0.05) is 12.8 Å². The van der Waals surface area contributed by atoms with Crippen molar-refractivity contribution in [1.82, 2.24) is 0 Å². The van der Waals surface area contributed by atoms with E-state index in [4.69, 9.17) is 18.9 Å². The molecule has 0 bridgehead atoms. The van der Waals surface area contributed by atoms with Crippen LogP contribution in [0.15, 0.2) is 24.3 Å². The molecule has 0 radical (unpaired) electrons. The highest BCUT2D eigenvalue weighted by Crippen LogP contribution is 2.13. The third kappa shape index (κ3) is 34.0. The van der Waals surface area contributed by atoms with Crippen LogP contribution < -0.4 is 5.11 Å². The first-order chi connectivity index (χ1) is 23.6. The Hall–Kier alpha value is -2.23. The number of carbonyl (C=O) groups excluding carboxylic acids is 3. The number of ether oxygens (including phenoxy) is 4. The Morgan fingerprint density at radius 2 is 1.12 bits per heavy atom. The van der Waals surface area contributed by atoms with E-state index in [-0.39, 0.29) is 32.2 Å². The van der Waals surface area contributed by atoms with Crippen LogP contribution in [-0.2, 0) is 33.3 Å². The van der Waals surface area contributed by atoms with Crippen LogP contribution in [-0.4, -0.2) is 82.3 Å². The minimum atomic E-state index is -1.62. The molecule has 0 spiro atoms. The highest BCUT2D eigenvalue weighted by atomic mass is 16.7. The van der Waals surface area contributed by atoms with E-state index in [0.29, 0.717) is 23.9 Å². The lowest BCUT2D eigenvalue weighted by Crippen LogP contribution is -2.44. The van der Waals surface area contributed by atoms with Crippen molar-refractivity contribution in [3.63, 3.8) is 0 Å². The van der Waals surface area contributed by atoms with Crippen molar-refractivity contribution in [2.24, 2.45) is 0 Å². The summed E-state index contributed by atoms with van der Waals surface area (Å²) in [5, 5.41) is 11.6. The number of carbonyl (C=O) groups is 3. The van der Waals surface area contributed by atoms with Gasteiger partial charge in [-0.3, -0.25) is 9.59 Å². The number of esters is 2. The fraction of sp³-hybridized carbons (Fsp3) is 0.825. The monoisotopic (exact) mass is 696 g/mol. The van der Waals surface area contributed by atoms with Crippen LogP contribution in [0, 0.1) is 0 Å². The molecule has 9 nitrogen and oxygen atoms in total. The molecule has 0 aliphatic heterocycles. The number of nitrogens with zero attached hydrogens (tertiary/aromatic N) is 1. The molecule has 0 N–H and O–H groups in total. The van der Waals surface area contributed by atoms with Crippen LogP contribution in [0.1, 0.15) is 155 Å². The van der Waals surface area contributed by atoms with Gasteiger partial charge in [-0.05, 0) is 38.5 Å². The first-order valence-corrected chi connectivity index (χ1v) is 19.5. The van der Waals surface area contributed by atoms with Crippen LogP contribution >= 0.6 is 0 Å². The van der Waals surface area contributed by atoms with Gasteiger partial charge >= 0.3 is 11.9 Å². The van der Waals surface area contributed by atoms with Gasteiger partial charge in [-0.25, -0.2) is 0 Å². The number of aliphatic carboxylic acids is 1. The molecular formula is C40H73NO8. The zero-order valence-corrected chi connectivity index (χ0v) is 32.1. The van der Waals surface area contributed by atoms with E-state index in [1.165, 1.54) is 57.8 Å². The predicted molar refractivity (Wildman–Crippen MR) is 196 cm³/mol. The highest BCUT2D eigenvalue weighted by molar-refractivity contribution is 5.70. The molecule has 0 aromatic rings. The lowest BCUT2D eigenvalue weighted by Gasteiger charge is -2.26. The molecule has 286 valence electrons. The zero-order chi connectivity index (χ0) is 36.4. The summed E-state index contributed by atoms with van der Waals surface area (Å²) in [6, 6.07) is 0. The van der Waals surface area contributed by atoms with Gasteiger partial charge in [0.15, 0.2) is 12.4 Å². The lowest BCUT2D eigenvalue weighted by atomic mass is 10.1. The number of carboxylic acid groups (broad SMARTS) is 1. The fourth-order valence-corrected chi connectivity index (χ4v) is 5.08. The van der Waals surface area contributed by atoms with E-state index < -0.39 is 24.3 Å². The molecular weight excluding hydrogens is 622 g/mol. The molecule has 0 saturated heterocycles. The molecule has 0 amide bonds. The van der Waals surface area contributed by atoms with Gasteiger partial charge < -0.3 is 33.3 Å². The number of hydrogen-bond donors (Lipinski definition) is 0. The molecule has 0 rings (SSSR count). The molecule has 49 heavy (non-hydrogen) atoms. The van der Waals surface area contributed by atoms with Crippen LogP contribution in [0.3, 0.4) is 0 Å². The van der Waals surface area contributed by atoms with Gasteiger partial charge in [0.2, 0.25) is 0 Å². The summed E-state index contributed by atoms with van der Waals surface area (Å²) in [5.74, 6) is -2.31. The maximum atomic E-state index is 12.7. The molecule has 0 saturated carbocycles. The summed E-state index contributed by atoms with van der Waals surface area (Å²) in [7, 11) is 5.89. The second-order valence-corrected chi connectivity index (χ2v) is 14.2. The van der Waals surface area contributed by atoms with Gasteiger partial charge in [-0.2, -0.15) is 0 Å². The summed E-state index contributed by atoms with van der Waals surface area (Å²) >= 11 is 0. The summed E-state index contributed by atoms with van der Waals surface area (Å²) in [4.78, 5) is 36.7. The average Bonchev–Trinajstić information content (AvgIpc) is 3.05. The quantitative estimate of drug-likeness (QED) is 0.0216. The third-order valence-corrected chi connectivity index (χ3v) is 8.20.